The fourth-order valence-electron chi connectivity index (χ4n) is 5.03. The van der Waals surface area contributed by atoms with Crippen LogP contribution in [0.4, 0.5) is 0 Å². The number of nitrogens with zero attached hydrogens (tertiary/aromatic N) is 1. The van der Waals surface area contributed by atoms with Crippen molar-refractivity contribution in [1.82, 2.24) is 0 Å². The molecule has 0 radical (unpaired) electrons. The highest BCUT2D eigenvalue weighted by molar-refractivity contribution is 7.48. The molecule has 0 saturated heterocycles. The van der Waals surface area contributed by atoms with E-state index >= 15 is 0 Å². The van der Waals surface area contributed by atoms with E-state index in [4.69, 9.17) is 13.8 Å². The van der Waals surface area contributed by atoms with Crippen molar-refractivity contribution in [2.75, 3.05) is 6.61 Å². The summed E-state index contributed by atoms with van der Waals surface area (Å²) >= 11 is 1.61. The number of fused-ring (bicyclic) bond motifs is 1. The van der Waals surface area contributed by atoms with Crippen molar-refractivity contribution < 1.29 is 27.8 Å². The third-order valence-corrected chi connectivity index (χ3v) is 8.84. The van der Waals surface area contributed by atoms with Gasteiger partial charge >= 0.3 is 7.82 Å². The average molecular weight is 611 g/mol. The van der Waals surface area contributed by atoms with E-state index in [-0.39, 0.29) is 11.5 Å². The van der Waals surface area contributed by atoms with E-state index in [1.54, 1.807) is 41.7 Å². The lowest BCUT2D eigenvalue weighted by Gasteiger charge is -2.15. The van der Waals surface area contributed by atoms with Crippen LogP contribution in [0.5, 0.6) is 17.2 Å². The van der Waals surface area contributed by atoms with Gasteiger partial charge in [-0.15, -0.1) is 0 Å². The molecule has 0 aliphatic heterocycles. The summed E-state index contributed by atoms with van der Waals surface area (Å²) in [7, 11) is -4.40. The highest BCUT2D eigenvalue weighted by Gasteiger charge is 2.25. The van der Waals surface area contributed by atoms with E-state index < -0.39 is 7.82 Å². The van der Waals surface area contributed by atoms with E-state index in [9.17, 15) is 9.46 Å². The second-order valence-electron chi connectivity index (χ2n) is 10.9. The molecule has 6 nitrogen and oxygen atoms in total. The molecule has 8 heteroatoms. The van der Waals surface area contributed by atoms with E-state index in [1.165, 1.54) is 70.6 Å². The molecule has 4 rings (SSSR count). The van der Waals surface area contributed by atoms with Crippen LogP contribution in [-0.2, 0) is 11.1 Å². The largest absolute Gasteiger partial charge is 0.584 e. The lowest BCUT2D eigenvalue weighted by molar-refractivity contribution is -0.683. The molecule has 0 spiro atoms. The zero-order chi connectivity index (χ0) is 29.5. The number of benzene rings is 3. The van der Waals surface area contributed by atoms with E-state index in [2.05, 4.69) is 6.92 Å². The maximum Gasteiger partial charge on any atom is 0.584 e. The molecule has 0 saturated carbocycles. The number of thiazole rings is 1. The number of hydrogen-bond acceptors (Lipinski definition) is 5. The molecule has 42 heavy (non-hydrogen) atoms. The van der Waals surface area contributed by atoms with E-state index in [0.29, 0.717) is 13.2 Å². The van der Waals surface area contributed by atoms with Crippen LogP contribution in [0.25, 0.3) is 10.8 Å². The predicted molar refractivity (Wildman–Crippen MR) is 172 cm³/mol. The molecule has 3 aromatic carbocycles. The van der Waals surface area contributed by atoms with Crippen molar-refractivity contribution in [2.45, 2.75) is 90.5 Å². The molecule has 1 N–H and O–H groups in total. The summed E-state index contributed by atoms with van der Waals surface area (Å²) in [5.74, 6) is 1.33. The Labute approximate surface area is 254 Å². The molecule has 1 atom stereocenters. The summed E-state index contributed by atoms with van der Waals surface area (Å²) < 4.78 is 31.7. The molecule has 0 amide bonds. The SMILES string of the molecule is CCCCCCCCCCCCCCOc1ccc2ccc(OP(=O)(O)Oc3cccc(C[n+]4ccsc4)c3)cc2c1. The Bertz CT molecular complexity index is 1390. The minimum atomic E-state index is -4.40. The zero-order valence-electron chi connectivity index (χ0n) is 24.8. The monoisotopic (exact) mass is 610 g/mol. The Morgan fingerprint density at radius 2 is 1.36 bits per heavy atom. The first-order chi connectivity index (χ1) is 20.5. The van der Waals surface area contributed by atoms with Gasteiger partial charge in [-0.25, -0.2) is 4.57 Å². The summed E-state index contributed by atoms with van der Waals surface area (Å²) in [5.41, 5.74) is 2.96. The maximum atomic E-state index is 12.8. The van der Waals surface area contributed by atoms with Crippen LogP contribution in [0.2, 0.25) is 0 Å². The second-order valence-corrected chi connectivity index (χ2v) is 13.0. The Kier molecular flexibility index (Phi) is 13.2. The maximum absolute atomic E-state index is 12.8. The van der Waals surface area contributed by atoms with Gasteiger partial charge in [0.1, 0.15) is 17.2 Å². The first-order valence-corrected chi connectivity index (χ1v) is 17.8. The van der Waals surface area contributed by atoms with Crippen molar-refractivity contribution in [3.63, 3.8) is 0 Å². The van der Waals surface area contributed by atoms with Crippen LogP contribution >= 0.6 is 19.2 Å². The normalized spacial score (nSPS) is 12.7. The fraction of sp³-hybridized carbons (Fsp3) is 0.441. The van der Waals surface area contributed by atoms with Crippen molar-refractivity contribution in [2.24, 2.45) is 0 Å². The fourth-order valence-corrected chi connectivity index (χ4v) is 6.43. The van der Waals surface area contributed by atoms with Gasteiger partial charge in [-0.05, 0) is 53.6 Å². The van der Waals surface area contributed by atoms with Gasteiger partial charge in [-0.3, -0.25) is 4.89 Å². The van der Waals surface area contributed by atoms with Crippen LogP contribution in [0.15, 0.2) is 77.8 Å². The zero-order valence-corrected chi connectivity index (χ0v) is 26.5. The molecule has 4 aromatic rings. The molecule has 0 aliphatic carbocycles. The van der Waals surface area contributed by atoms with Crippen LogP contribution in [0.3, 0.4) is 0 Å². The van der Waals surface area contributed by atoms with Crippen LogP contribution in [0.1, 0.15) is 89.5 Å². The minimum Gasteiger partial charge on any atom is -0.494 e. The lowest BCUT2D eigenvalue weighted by atomic mass is 10.1. The van der Waals surface area contributed by atoms with Crippen molar-refractivity contribution in [3.8, 4) is 17.2 Å². The summed E-state index contributed by atoms with van der Waals surface area (Å²) in [6.45, 7) is 3.59. The van der Waals surface area contributed by atoms with Crippen molar-refractivity contribution >= 4 is 29.9 Å². The first kappa shape index (κ1) is 32.1. The Balaban J connectivity index is 1.19. The number of hydrogen-bond donors (Lipinski definition) is 1. The number of phosphoric ester groups is 1. The summed E-state index contributed by atoms with van der Waals surface area (Å²) in [5, 5.41) is 3.86. The number of phosphoric acid groups is 1. The Morgan fingerprint density at radius 1 is 0.738 bits per heavy atom. The number of ether oxygens (including phenoxy) is 1. The number of unbranched alkanes of at least 4 members (excludes halogenated alkanes) is 11. The summed E-state index contributed by atoms with van der Waals surface area (Å²) in [4.78, 5) is 10.5. The van der Waals surface area contributed by atoms with Crippen molar-refractivity contribution in [1.29, 1.82) is 0 Å². The van der Waals surface area contributed by atoms with Gasteiger partial charge < -0.3 is 13.8 Å². The third-order valence-electron chi connectivity index (χ3n) is 7.28. The van der Waals surface area contributed by atoms with Gasteiger partial charge in [0.15, 0.2) is 12.7 Å². The Morgan fingerprint density at radius 3 is 2.02 bits per heavy atom. The molecular weight excluding hydrogens is 565 g/mol. The van der Waals surface area contributed by atoms with E-state index in [1.807, 2.05) is 52.0 Å². The van der Waals surface area contributed by atoms with Gasteiger partial charge in [-0.2, -0.15) is 4.57 Å². The lowest BCUT2D eigenvalue weighted by Crippen LogP contribution is -2.30. The average Bonchev–Trinajstić information content (AvgIpc) is 3.48. The molecule has 0 aliphatic rings. The Hall–Kier alpha value is -2.86. The smallest absolute Gasteiger partial charge is 0.494 e. The molecule has 1 aromatic heterocycles. The van der Waals surface area contributed by atoms with Gasteiger partial charge in [-0.1, -0.05) is 113 Å². The number of rotatable bonds is 20. The molecule has 1 heterocycles. The summed E-state index contributed by atoms with van der Waals surface area (Å²) in [6, 6.07) is 18.3. The second kappa shape index (κ2) is 17.3. The van der Waals surface area contributed by atoms with Gasteiger partial charge in [0.2, 0.25) is 5.51 Å². The first-order valence-electron chi connectivity index (χ1n) is 15.4. The molecule has 226 valence electrons. The molecule has 0 bridgehead atoms. The highest BCUT2D eigenvalue weighted by atomic mass is 32.1. The van der Waals surface area contributed by atoms with Crippen LogP contribution in [-0.4, -0.2) is 11.5 Å². The van der Waals surface area contributed by atoms with Crippen molar-refractivity contribution in [3.05, 3.63) is 83.3 Å². The van der Waals surface area contributed by atoms with E-state index in [0.717, 1.165) is 28.5 Å². The topological polar surface area (TPSA) is 68.9 Å². The predicted octanol–water partition coefficient (Wildman–Crippen LogP) is 9.88. The molecular formula is C34H45NO5PS+. The molecule has 0 fully saturated rings. The third kappa shape index (κ3) is 11.4. The van der Waals surface area contributed by atoms with Gasteiger partial charge in [0.25, 0.3) is 0 Å². The van der Waals surface area contributed by atoms with Crippen LogP contribution < -0.4 is 18.4 Å². The summed E-state index contributed by atoms with van der Waals surface area (Å²) in [6.07, 6.45) is 17.8. The highest BCUT2D eigenvalue weighted by Crippen LogP contribution is 2.45. The number of aromatic nitrogens is 1. The molecule has 1 unspecified atom stereocenters. The van der Waals surface area contributed by atoms with Crippen LogP contribution in [0, 0.1) is 0 Å². The van der Waals surface area contributed by atoms with Gasteiger partial charge in [0.05, 0.1) is 12.0 Å². The quantitative estimate of drug-likeness (QED) is 0.0613. The minimum absolute atomic E-state index is 0.261. The van der Waals surface area contributed by atoms with Gasteiger partial charge in [0, 0.05) is 5.56 Å². The standard InChI is InChI=1S/C34H44NO5PS/c1-2-3-4-5-6-7-8-9-10-11-12-13-22-38-32-19-17-30-18-20-34(26-31(30)25-32)40-41(36,37)39-33-16-14-15-29(24-33)27-35-21-23-42-28-35/h14-21,23-26,28H,2-13,22,27H2,1H3/p+1.